The summed E-state index contributed by atoms with van der Waals surface area (Å²) in [6.45, 7) is 5.49. The summed E-state index contributed by atoms with van der Waals surface area (Å²) in [5.41, 5.74) is 1.12. The smallest absolute Gasteiger partial charge is 0.348 e. The van der Waals surface area contributed by atoms with E-state index in [1.54, 1.807) is 0 Å². The zero-order chi connectivity index (χ0) is 15.2. The molecule has 0 atom stereocenters. The monoisotopic (exact) mass is 309 g/mol. The van der Waals surface area contributed by atoms with Gasteiger partial charge in [0.1, 0.15) is 4.88 Å². The number of aryl methyl sites for hydroxylation is 2. The van der Waals surface area contributed by atoms with Crippen molar-refractivity contribution in [3.63, 3.8) is 0 Å². The Morgan fingerprint density at radius 2 is 1.90 bits per heavy atom. The second kappa shape index (κ2) is 7.59. The Labute approximate surface area is 130 Å². The predicted molar refractivity (Wildman–Crippen MR) is 83.8 cm³/mol. The average Bonchev–Trinajstić information content (AvgIpc) is 2.69. The van der Waals surface area contributed by atoms with Crippen molar-refractivity contribution in [3.8, 4) is 0 Å². The van der Waals surface area contributed by atoms with Crippen LogP contribution in [0.5, 0.6) is 0 Å². The third-order valence-corrected chi connectivity index (χ3v) is 5.19. The first-order valence-corrected chi connectivity index (χ1v) is 8.47. The number of hydrogen-bond donors (Lipinski definition) is 0. The Bertz CT molecular complexity index is 502. The van der Waals surface area contributed by atoms with E-state index < -0.39 is 0 Å². The number of thiophene rings is 1. The molecule has 5 heteroatoms. The summed E-state index contributed by atoms with van der Waals surface area (Å²) in [5, 5.41) is 0. The minimum atomic E-state index is -0.383. The third-order valence-electron chi connectivity index (χ3n) is 3.83. The number of hydrogen-bond acceptors (Lipinski definition) is 4. The highest BCUT2D eigenvalue weighted by Gasteiger charge is 2.19. The number of likely N-dealkylation sites (tertiary alicyclic amines) is 1. The van der Waals surface area contributed by atoms with Gasteiger partial charge in [0.25, 0.3) is 5.91 Å². The van der Waals surface area contributed by atoms with E-state index in [0.717, 1.165) is 37.9 Å². The molecular weight excluding hydrogens is 286 g/mol. The number of rotatable bonds is 4. The van der Waals surface area contributed by atoms with Gasteiger partial charge in [-0.15, -0.1) is 11.3 Å². The molecule has 1 amide bonds. The molecule has 0 unspecified atom stereocenters. The van der Waals surface area contributed by atoms with E-state index in [9.17, 15) is 9.59 Å². The SMILES string of the molecule is CCc1sc(C(=O)OCC(=O)N2CCCCCC2)cc1C. The van der Waals surface area contributed by atoms with Gasteiger partial charge < -0.3 is 9.64 Å². The molecular formula is C16H23NO3S. The van der Waals surface area contributed by atoms with Crippen LogP contribution in [0.1, 0.15) is 52.7 Å². The first-order valence-electron chi connectivity index (χ1n) is 7.66. The van der Waals surface area contributed by atoms with Crippen molar-refractivity contribution >= 4 is 23.2 Å². The van der Waals surface area contributed by atoms with E-state index in [1.165, 1.54) is 29.1 Å². The van der Waals surface area contributed by atoms with Crippen LogP contribution in [0.4, 0.5) is 0 Å². The van der Waals surface area contributed by atoms with Crippen molar-refractivity contribution in [1.82, 2.24) is 4.90 Å². The minimum absolute atomic E-state index is 0.0748. The molecule has 0 aromatic carbocycles. The summed E-state index contributed by atoms with van der Waals surface area (Å²) in [6, 6.07) is 1.85. The maximum absolute atomic E-state index is 12.1. The summed E-state index contributed by atoms with van der Waals surface area (Å²) < 4.78 is 5.18. The topological polar surface area (TPSA) is 46.6 Å². The highest BCUT2D eigenvalue weighted by Crippen LogP contribution is 2.23. The third kappa shape index (κ3) is 4.30. The summed E-state index contributed by atoms with van der Waals surface area (Å²) >= 11 is 1.46. The molecule has 21 heavy (non-hydrogen) atoms. The van der Waals surface area contributed by atoms with E-state index >= 15 is 0 Å². The number of carbonyl (C=O) groups excluding carboxylic acids is 2. The fourth-order valence-corrected chi connectivity index (χ4v) is 3.59. The summed E-state index contributed by atoms with van der Waals surface area (Å²) in [4.78, 5) is 27.7. The van der Waals surface area contributed by atoms with Crippen molar-refractivity contribution in [2.45, 2.75) is 46.0 Å². The van der Waals surface area contributed by atoms with Gasteiger partial charge in [-0.3, -0.25) is 4.79 Å². The largest absolute Gasteiger partial charge is 0.451 e. The molecule has 0 aliphatic carbocycles. The number of carbonyl (C=O) groups is 2. The molecule has 0 N–H and O–H groups in total. The average molecular weight is 309 g/mol. The van der Waals surface area contributed by atoms with Gasteiger partial charge in [-0.25, -0.2) is 4.79 Å². The first-order chi connectivity index (χ1) is 10.1. The maximum Gasteiger partial charge on any atom is 0.348 e. The van der Waals surface area contributed by atoms with Gasteiger partial charge in [0.2, 0.25) is 0 Å². The van der Waals surface area contributed by atoms with E-state index in [4.69, 9.17) is 4.74 Å². The highest BCUT2D eigenvalue weighted by molar-refractivity contribution is 7.14. The van der Waals surface area contributed by atoms with Crippen LogP contribution in [-0.2, 0) is 16.0 Å². The van der Waals surface area contributed by atoms with Crippen molar-refractivity contribution in [2.75, 3.05) is 19.7 Å². The van der Waals surface area contributed by atoms with E-state index in [1.807, 2.05) is 17.9 Å². The van der Waals surface area contributed by atoms with Gasteiger partial charge in [-0.2, -0.15) is 0 Å². The highest BCUT2D eigenvalue weighted by atomic mass is 32.1. The normalized spacial score (nSPS) is 15.6. The number of ether oxygens (including phenoxy) is 1. The Morgan fingerprint density at radius 3 is 2.48 bits per heavy atom. The molecule has 116 valence electrons. The van der Waals surface area contributed by atoms with Crippen molar-refractivity contribution < 1.29 is 14.3 Å². The second-order valence-electron chi connectivity index (χ2n) is 5.44. The molecule has 1 fully saturated rings. The number of amides is 1. The lowest BCUT2D eigenvalue weighted by Crippen LogP contribution is -2.35. The van der Waals surface area contributed by atoms with Crippen LogP contribution in [0.25, 0.3) is 0 Å². The van der Waals surface area contributed by atoms with Gasteiger partial charge in [0.05, 0.1) is 0 Å². The molecule has 2 rings (SSSR count). The number of nitrogens with zero attached hydrogens (tertiary/aromatic N) is 1. The van der Waals surface area contributed by atoms with E-state index in [0.29, 0.717) is 4.88 Å². The van der Waals surface area contributed by atoms with Gasteiger partial charge in [-0.1, -0.05) is 19.8 Å². The quantitative estimate of drug-likeness (QED) is 0.803. The van der Waals surface area contributed by atoms with Gasteiger partial charge in [0, 0.05) is 18.0 Å². The Morgan fingerprint density at radius 1 is 1.24 bits per heavy atom. The molecule has 1 aromatic heterocycles. The summed E-state index contributed by atoms with van der Waals surface area (Å²) in [5.74, 6) is -0.458. The minimum Gasteiger partial charge on any atom is -0.451 e. The second-order valence-corrected chi connectivity index (χ2v) is 6.58. The van der Waals surface area contributed by atoms with Crippen LogP contribution in [-0.4, -0.2) is 36.5 Å². The van der Waals surface area contributed by atoms with Gasteiger partial charge in [0.15, 0.2) is 6.61 Å². The summed E-state index contributed by atoms with van der Waals surface area (Å²) in [7, 11) is 0. The van der Waals surface area contributed by atoms with Crippen molar-refractivity contribution in [1.29, 1.82) is 0 Å². The zero-order valence-corrected chi connectivity index (χ0v) is 13.6. The molecule has 0 radical (unpaired) electrons. The standard InChI is InChI=1S/C16H23NO3S/c1-3-13-12(2)10-14(21-13)16(19)20-11-15(18)17-8-6-4-5-7-9-17/h10H,3-9,11H2,1-2H3. The van der Waals surface area contributed by atoms with Crippen LogP contribution in [0.2, 0.25) is 0 Å². The molecule has 0 saturated carbocycles. The predicted octanol–water partition coefficient (Wildman–Crippen LogP) is 3.18. The molecule has 4 nitrogen and oxygen atoms in total. The van der Waals surface area contributed by atoms with E-state index in [-0.39, 0.29) is 18.5 Å². The molecule has 1 saturated heterocycles. The van der Waals surface area contributed by atoms with Crippen LogP contribution >= 0.6 is 11.3 Å². The van der Waals surface area contributed by atoms with Gasteiger partial charge in [-0.05, 0) is 37.8 Å². The fraction of sp³-hybridized carbons (Fsp3) is 0.625. The Balaban J connectivity index is 1.86. The lowest BCUT2D eigenvalue weighted by molar-refractivity contribution is -0.134. The van der Waals surface area contributed by atoms with Crippen LogP contribution < -0.4 is 0 Å². The zero-order valence-electron chi connectivity index (χ0n) is 12.8. The van der Waals surface area contributed by atoms with E-state index in [2.05, 4.69) is 6.92 Å². The molecule has 1 aliphatic rings. The molecule has 0 bridgehead atoms. The Kier molecular flexibility index (Phi) is 5.79. The van der Waals surface area contributed by atoms with Gasteiger partial charge >= 0.3 is 5.97 Å². The summed E-state index contributed by atoms with van der Waals surface area (Å²) in [6.07, 6.45) is 5.36. The molecule has 1 aliphatic heterocycles. The molecule has 1 aromatic rings. The van der Waals surface area contributed by atoms with Crippen molar-refractivity contribution in [2.24, 2.45) is 0 Å². The van der Waals surface area contributed by atoms with Crippen LogP contribution in [0.3, 0.4) is 0 Å². The maximum atomic E-state index is 12.1. The fourth-order valence-electron chi connectivity index (χ4n) is 2.58. The van der Waals surface area contributed by atoms with Crippen LogP contribution in [0.15, 0.2) is 6.07 Å². The lowest BCUT2D eigenvalue weighted by Gasteiger charge is -2.19. The van der Waals surface area contributed by atoms with Crippen LogP contribution in [0, 0.1) is 6.92 Å². The molecule has 2 heterocycles. The lowest BCUT2D eigenvalue weighted by atomic mass is 10.2. The molecule has 0 spiro atoms. The van der Waals surface area contributed by atoms with Crippen molar-refractivity contribution in [3.05, 3.63) is 21.4 Å². The number of esters is 1. The first kappa shape index (κ1) is 16.0. The Hall–Kier alpha value is -1.36.